The predicted molar refractivity (Wildman–Crippen MR) is 155 cm³/mol. The maximum atomic E-state index is 14.0. The first kappa shape index (κ1) is 23.6. The van der Waals surface area contributed by atoms with Crippen molar-refractivity contribution in [3.8, 4) is 22.5 Å². The number of rotatable bonds is 5. The minimum Gasteiger partial charge on any atom is -0.377 e. The molecule has 1 atom stereocenters. The van der Waals surface area contributed by atoms with Crippen molar-refractivity contribution in [2.45, 2.75) is 10.9 Å². The third kappa shape index (κ3) is 3.71. The highest BCUT2D eigenvalue weighted by atomic mass is 32.2. The van der Waals surface area contributed by atoms with E-state index < -0.39 is 16.1 Å². The van der Waals surface area contributed by atoms with Crippen LogP contribution >= 0.6 is 0 Å². The zero-order valence-corrected chi connectivity index (χ0v) is 22.2. The molecule has 0 saturated carbocycles. The number of imidazole rings is 1. The summed E-state index contributed by atoms with van der Waals surface area (Å²) in [6.45, 7) is 0. The summed E-state index contributed by atoms with van der Waals surface area (Å²) in [4.78, 5) is 14.6. The van der Waals surface area contributed by atoms with E-state index in [9.17, 15) is 8.42 Å². The summed E-state index contributed by atoms with van der Waals surface area (Å²) in [6, 6.07) is 26.4. The molecule has 1 unspecified atom stereocenters. The zero-order valence-electron chi connectivity index (χ0n) is 21.4. The number of fused-ring (bicyclic) bond motifs is 5. The minimum atomic E-state index is -3.90. The Kier molecular flexibility index (Phi) is 5.30. The van der Waals surface area contributed by atoms with E-state index in [4.69, 9.17) is 4.98 Å². The highest BCUT2D eigenvalue weighted by Crippen LogP contribution is 2.48. The van der Waals surface area contributed by atoms with Crippen molar-refractivity contribution >= 4 is 37.5 Å². The molecule has 2 heterocycles. The average Bonchev–Trinajstić information content (AvgIpc) is 3.52. The fraction of sp³-hybridized carbons (Fsp3) is 0.0968. The van der Waals surface area contributed by atoms with E-state index in [1.54, 1.807) is 24.5 Å². The molecule has 2 aromatic heterocycles. The van der Waals surface area contributed by atoms with Gasteiger partial charge in [0, 0.05) is 42.3 Å². The van der Waals surface area contributed by atoms with Gasteiger partial charge in [0.25, 0.3) is 0 Å². The van der Waals surface area contributed by atoms with Gasteiger partial charge in [0.15, 0.2) is 0 Å². The number of hydrogen-bond donors (Lipinski definition) is 2. The van der Waals surface area contributed by atoms with Crippen molar-refractivity contribution in [3.63, 3.8) is 0 Å². The molecule has 7 rings (SSSR count). The van der Waals surface area contributed by atoms with Crippen LogP contribution in [-0.4, -0.2) is 37.5 Å². The molecule has 0 radical (unpaired) electrons. The highest BCUT2D eigenvalue weighted by Gasteiger charge is 2.34. The Labute approximate surface area is 226 Å². The Morgan fingerprint density at radius 3 is 2.41 bits per heavy atom. The van der Waals surface area contributed by atoms with Crippen LogP contribution in [0.4, 0.5) is 5.69 Å². The van der Waals surface area contributed by atoms with Gasteiger partial charge in [-0.1, -0.05) is 66.7 Å². The van der Waals surface area contributed by atoms with Gasteiger partial charge in [0.1, 0.15) is 5.82 Å². The molecule has 1 aliphatic carbocycles. The number of H-pyrrole nitrogens is 1. The largest absolute Gasteiger partial charge is 0.377 e. The van der Waals surface area contributed by atoms with Crippen LogP contribution in [0, 0.1) is 0 Å². The normalized spacial score (nSPS) is 14.5. The van der Waals surface area contributed by atoms with Gasteiger partial charge in [0.05, 0.1) is 28.2 Å². The quantitative estimate of drug-likeness (QED) is 0.289. The first-order chi connectivity index (χ1) is 18.9. The fourth-order valence-electron chi connectivity index (χ4n) is 5.67. The number of nitrogens with zero attached hydrogens (tertiary/aromatic N) is 3. The van der Waals surface area contributed by atoms with Gasteiger partial charge >= 0.3 is 0 Å². The van der Waals surface area contributed by atoms with E-state index in [-0.39, 0.29) is 4.90 Å². The molecule has 0 saturated heterocycles. The van der Waals surface area contributed by atoms with Gasteiger partial charge in [-0.15, -0.1) is 0 Å². The number of aromatic nitrogens is 3. The summed E-state index contributed by atoms with van der Waals surface area (Å²) >= 11 is 0. The number of hydrogen-bond acceptors (Lipinski definition) is 5. The molecule has 0 amide bonds. The molecule has 1 aliphatic rings. The maximum Gasteiger partial charge on any atom is 0.242 e. The number of benzene rings is 4. The number of pyridine rings is 1. The Morgan fingerprint density at radius 2 is 1.56 bits per heavy atom. The second kappa shape index (κ2) is 8.76. The van der Waals surface area contributed by atoms with Crippen molar-refractivity contribution < 1.29 is 8.42 Å². The summed E-state index contributed by atoms with van der Waals surface area (Å²) < 4.78 is 31.1. The third-order valence-corrected chi connectivity index (χ3v) is 8.87. The van der Waals surface area contributed by atoms with Crippen LogP contribution in [0.2, 0.25) is 0 Å². The van der Waals surface area contributed by atoms with E-state index >= 15 is 0 Å². The fourth-order valence-corrected chi connectivity index (χ4v) is 7.09. The van der Waals surface area contributed by atoms with Crippen molar-refractivity contribution in [1.82, 2.24) is 19.7 Å². The summed E-state index contributed by atoms with van der Waals surface area (Å²) in [6.07, 6.45) is 3.48. The molecule has 192 valence electrons. The molecule has 7 nitrogen and oxygen atoms in total. The monoisotopic (exact) mass is 531 g/mol. The second-order valence-corrected chi connectivity index (χ2v) is 11.6. The van der Waals surface area contributed by atoms with Crippen LogP contribution in [0.3, 0.4) is 0 Å². The van der Waals surface area contributed by atoms with Gasteiger partial charge in [-0.25, -0.2) is 13.4 Å². The van der Waals surface area contributed by atoms with Gasteiger partial charge in [-0.3, -0.25) is 4.98 Å². The molecule has 0 spiro atoms. The summed E-state index contributed by atoms with van der Waals surface area (Å²) in [5.41, 5.74) is 7.32. The van der Waals surface area contributed by atoms with Gasteiger partial charge in [0.2, 0.25) is 10.0 Å². The Hall–Kier alpha value is -4.53. The molecule has 0 fully saturated rings. The van der Waals surface area contributed by atoms with Crippen LogP contribution in [0.25, 0.3) is 44.3 Å². The lowest BCUT2D eigenvalue weighted by Crippen LogP contribution is -2.28. The molecular weight excluding hydrogens is 506 g/mol. The molecular formula is C31H25N5O2S. The minimum absolute atomic E-state index is 0.260. The van der Waals surface area contributed by atoms with Gasteiger partial charge in [-0.05, 0) is 40.5 Å². The first-order valence-electron chi connectivity index (χ1n) is 12.7. The zero-order chi connectivity index (χ0) is 26.7. The standard InChI is InChI=1S/C31H25N5O2S/c1-36(2)27-14-6-11-20-19(27)10-7-15-28(20)39(37,38)35-30-22-9-4-3-8-21(22)29-23(30)12-5-13-24(29)31-33-25-16-17-32-18-26(25)34-31/h3-18,30,35H,1-2H3,(H,33,34). The average molecular weight is 532 g/mol. The van der Waals surface area contributed by atoms with Crippen molar-refractivity contribution in [2.75, 3.05) is 19.0 Å². The van der Waals surface area contributed by atoms with Crippen molar-refractivity contribution in [2.24, 2.45) is 0 Å². The molecule has 39 heavy (non-hydrogen) atoms. The second-order valence-electron chi connectivity index (χ2n) is 9.91. The summed E-state index contributed by atoms with van der Waals surface area (Å²) in [7, 11) is 0.0137. The lowest BCUT2D eigenvalue weighted by atomic mass is 9.99. The lowest BCUT2D eigenvalue weighted by Gasteiger charge is -2.19. The Morgan fingerprint density at radius 1 is 0.821 bits per heavy atom. The predicted octanol–water partition coefficient (Wildman–Crippen LogP) is 5.89. The SMILES string of the molecule is CN(C)c1cccc2c(S(=O)(=O)NC3c4ccccc4-c4c(-c5nc6ccncc6[nH]5)cccc43)cccc12. The Balaban J connectivity index is 1.37. The smallest absolute Gasteiger partial charge is 0.242 e. The molecule has 4 aromatic carbocycles. The van der Waals surface area contributed by atoms with Gasteiger partial charge in [-0.2, -0.15) is 4.72 Å². The van der Waals surface area contributed by atoms with Crippen LogP contribution in [-0.2, 0) is 10.0 Å². The van der Waals surface area contributed by atoms with Crippen LogP contribution in [0.1, 0.15) is 17.2 Å². The van der Waals surface area contributed by atoms with E-state index in [2.05, 4.69) is 14.7 Å². The van der Waals surface area contributed by atoms with E-state index in [1.165, 1.54) is 0 Å². The Bertz CT molecular complexity index is 1980. The number of nitrogens with one attached hydrogen (secondary N) is 2. The number of sulfonamides is 1. The van der Waals surface area contributed by atoms with E-state index in [0.29, 0.717) is 5.39 Å². The van der Waals surface area contributed by atoms with Gasteiger partial charge < -0.3 is 9.88 Å². The maximum absolute atomic E-state index is 14.0. The van der Waals surface area contributed by atoms with E-state index in [0.717, 1.165) is 55.7 Å². The van der Waals surface area contributed by atoms with Crippen LogP contribution in [0.5, 0.6) is 0 Å². The lowest BCUT2D eigenvalue weighted by molar-refractivity contribution is 0.574. The molecule has 0 aliphatic heterocycles. The van der Waals surface area contributed by atoms with Crippen LogP contribution in [0.15, 0.2) is 102 Å². The number of anilines is 1. The third-order valence-electron chi connectivity index (χ3n) is 7.39. The topological polar surface area (TPSA) is 91.0 Å². The highest BCUT2D eigenvalue weighted by molar-refractivity contribution is 7.89. The number of aromatic amines is 1. The molecule has 0 bridgehead atoms. The molecule has 2 N–H and O–H groups in total. The van der Waals surface area contributed by atoms with E-state index in [1.807, 2.05) is 91.8 Å². The first-order valence-corrected chi connectivity index (χ1v) is 14.1. The molecule has 6 aromatic rings. The van der Waals surface area contributed by atoms with Crippen LogP contribution < -0.4 is 9.62 Å². The van der Waals surface area contributed by atoms with Crippen molar-refractivity contribution in [1.29, 1.82) is 0 Å². The molecule has 8 heteroatoms. The summed E-state index contributed by atoms with van der Waals surface area (Å²) in [5.74, 6) is 0.721. The van der Waals surface area contributed by atoms with Crippen molar-refractivity contribution in [3.05, 3.63) is 108 Å². The summed E-state index contributed by atoms with van der Waals surface area (Å²) in [5, 5.41) is 1.58.